The number of rotatable bonds is 10. The lowest BCUT2D eigenvalue weighted by atomic mass is 9.84. The molecule has 1 aliphatic heterocycles. The molecule has 0 aromatic heterocycles. The van der Waals surface area contributed by atoms with Crippen LogP contribution in [0.2, 0.25) is 0 Å². The quantitative estimate of drug-likeness (QED) is 0.527. The third-order valence-electron chi connectivity index (χ3n) is 3.83. The minimum absolute atomic E-state index is 0.0196. The number of amides is 1. The average molecular weight is 300 g/mol. The number of hydrogen-bond acceptors (Lipinski definition) is 4. The van der Waals surface area contributed by atoms with Crippen molar-refractivity contribution in [3.05, 3.63) is 0 Å². The predicted octanol–water partition coefficient (Wildman–Crippen LogP) is 1.15. The fraction of sp³-hybridized carbons (Fsp3) is 0.867. The van der Waals surface area contributed by atoms with E-state index in [1.54, 1.807) is 0 Å². The van der Waals surface area contributed by atoms with Gasteiger partial charge >= 0.3 is 5.97 Å². The van der Waals surface area contributed by atoms with Gasteiger partial charge in [-0.25, -0.2) is 0 Å². The van der Waals surface area contributed by atoms with Crippen LogP contribution in [-0.2, 0) is 14.3 Å². The number of ether oxygens (including phenoxy) is 1. The Balaban J connectivity index is 2.03. The Bertz CT molecular complexity index is 339. The van der Waals surface area contributed by atoms with Crippen molar-refractivity contribution >= 4 is 11.9 Å². The molecule has 21 heavy (non-hydrogen) atoms. The Morgan fingerprint density at radius 2 is 2.10 bits per heavy atom. The van der Waals surface area contributed by atoms with Crippen molar-refractivity contribution in [1.82, 2.24) is 10.6 Å². The molecule has 1 fully saturated rings. The van der Waals surface area contributed by atoms with E-state index in [1.807, 2.05) is 0 Å². The third kappa shape index (κ3) is 8.67. The van der Waals surface area contributed by atoms with Crippen molar-refractivity contribution in [2.75, 3.05) is 26.2 Å². The van der Waals surface area contributed by atoms with Crippen molar-refractivity contribution in [2.24, 2.45) is 5.41 Å². The van der Waals surface area contributed by atoms with Gasteiger partial charge < -0.3 is 20.5 Å². The van der Waals surface area contributed by atoms with Gasteiger partial charge in [-0.2, -0.15) is 0 Å². The number of aliphatic carboxylic acids is 1. The first-order valence-corrected chi connectivity index (χ1v) is 7.70. The summed E-state index contributed by atoms with van der Waals surface area (Å²) in [6, 6.07) is 0. The molecule has 1 saturated heterocycles. The van der Waals surface area contributed by atoms with E-state index in [4.69, 9.17) is 9.84 Å². The molecule has 1 atom stereocenters. The minimum Gasteiger partial charge on any atom is -0.481 e. The number of carboxylic acid groups (broad SMARTS) is 1. The fourth-order valence-corrected chi connectivity index (χ4v) is 2.29. The summed E-state index contributed by atoms with van der Waals surface area (Å²) in [6.45, 7) is 6.49. The second-order valence-electron chi connectivity index (χ2n) is 6.42. The monoisotopic (exact) mass is 300 g/mol. The number of carbonyl (C=O) groups is 2. The molecule has 0 aromatic rings. The number of carbonyl (C=O) groups excluding carboxylic acids is 1. The van der Waals surface area contributed by atoms with Crippen LogP contribution in [-0.4, -0.2) is 49.3 Å². The molecule has 1 amide bonds. The molecule has 1 aliphatic rings. The molecule has 1 heterocycles. The summed E-state index contributed by atoms with van der Waals surface area (Å²) in [4.78, 5) is 22.2. The average Bonchev–Trinajstić information content (AvgIpc) is 2.92. The summed E-state index contributed by atoms with van der Waals surface area (Å²) in [7, 11) is 0. The number of carboxylic acids is 1. The highest BCUT2D eigenvalue weighted by Gasteiger charge is 2.19. The van der Waals surface area contributed by atoms with Crippen LogP contribution in [0.3, 0.4) is 0 Å². The second kappa shape index (κ2) is 9.00. The summed E-state index contributed by atoms with van der Waals surface area (Å²) in [5.74, 6) is -0.779. The minimum atomic E-state index is -0.760. The van der Waals surface area contributed by atoms with Crippen LogP contribution < -0.4 is 10.6 Å². The summed E-state index contributed by atoms with van der Waals surface area (Å²) < 4.78 is 5.44. The fourth-order valence-electron chi connectivity index (χ4n) is 2.29. The number of hydrogen-bond donors (Lipinski definition) is 3. The summed E-state index contributed by atoms with van der Waals surface area (Å²) >= 11 is 0. The molecule has 0 aromatic carbocycles. The van der Waals surface area contributed by atoms with E-state index in [2.05, 4.69) is 24.5 Å². The van der Waals surface area contributed by atoms with Gasteiger partial charge in [0.1, 0.15) is 0 Å². The maximum absolute atomic E-state index is 11.6. The molecule has 3 N–H and O–H groups in total. The Morgan fingerprint density at radius 3 is 2.71 bits per heavy atom. The third-order valence-corrected chi connectivity index (χ3v) is 3.83. The topological polar surface area (TPSA) is 87.7 Å². The van der Waals surface area contributed by atoms with Gasteiger partial charge in [-0.05, 0) is 37.6 Å². The zero-order chi connectivity index (χ0) is 15.7. The molecular formula is C15H28N2O4. The summed E-state index contributed by atoms with van der Waals surface area (Å²) in [5, 5.41) is 14.7. The lowest BCUT2D eigenvalue weighted by molar-refractivity contribution is -0.137. The van der Waals surface area contributed by atoms with Crippen LogP contribution in [0.1, 0.15) is 46.0 Å². The van der Waals surface area contributed by atoms with Crippen molar-refractivity contribution in [3.8, 4) is 0 Å². The van der Waals surface area contributed by atoms with Crippen LogP contribution in [0.5, 0.6) is 0 Å². The smallest absolute Gasteiger partial charge is 0.303 e. The largest absolute Gasteiger partial charge is 0.481 e. The SMILES string of the molecule is CC(C)(CCNCC(=O)NCC1CCCO1)CCC(=O)O. The lowest BCUT2D eigenvalue weighted by Gasteiger charge is -2.23. The molecule has 1 rings (SSSR count). The molecule has 0 bridgehead atoms. The van der Waals surface area contributed by atoms with E-state index in [0.29, 0.717) is 26.1 Å². The van der Waals surface area contributed by atoms with Gasteiger partial charge in [0, 0.05) is 19.6 Å². The maximum Gasteiger partial charge on any atom is 0.303 e. The Labute approximate surface area is 126 Å². The number of nitrogens with one attached hydrogen (secondary N) is 2. The first-order valence-electron chi connectivity index (χ1n) is 7.70. The van der Waals surface area contributed by atoms with Crippen LogP contribution in [0.4, 0.5) is 0 Å². The Morgan fingerprint density at radius 1 is 1.33 bits per heavy atom. The standard InChI is InChI=1S/C15H28N2O4/c1-15(2,6-5-14(19)20)7-8-16-11-13(18)17-10-12-4-3-9-21-12/h12,16H,3-11H2,1-2H3,(H,17,18)(H,19,20). The highest BCUT2D eigenvalue weighted by Crippen LogP contribution is 2.25. The first-order chi connectivity index (χ1) is 9.89. The van der Waals surface area contributed by atoms with Crippen molar-refractivity contribution in [1.29, 1.82) is 0 Å². The first kappa shape index (κ1) is 17.9. The van der Waals surface area contributed by atoms with Crippen molar-refractivity contribution in [2.45, 2.75) is 52.1 Å². The molecule has 6 heteroatoms. The van der Waals surface area contributed by atoms with E-state index in [0.717, 1.165) is 25.9 Å². The maximum atomic E-state index is 11.6. The van der Waals surface area contributed by atoms with Gasteiger partial charge in [0.15, 0.2) is 0 Å². The zero-order valence-electron chi connectivity index (χ0n) is 13.1. The van der Waals surface area contributed by atoms with E-state index in [1.165, 1.54) is 0 Å². The van der Waals surface area contributed by atoms with Crippen LogP contribution >= 0.6 is 0 Å². The van der Waals surface area contributed by atoms with E-state index >= 15 is 0 Å². The summed E-state index contributed by atoms with van der Waals surface area (Å²) in [5.41, 5.74) is -0.0282. The summed E-state index contributed by atoms with van der Waals surface area (Å²) in [6.07, 6.45) is 3.95. The van der Waals surface area contributed by atoms with Crippen LogP contribution in [0, 0.1) is 5.41 Å². The molecule has 1 unspecified atom stereocenters. The molecule has 122 valence electrons. The van der Waals surface area contributed by atoms with Crippen LogP contribution in [0.15, 0.2) is 0 Å². The van der Waals surface area contributed by atoms with Crippen molar-refractivity contribution < 1.29 is 19.4 Å². The highest BCUT2D eigenvalue weighted by atomic mass is 16.5. The zero-order valence-corrected chi connectivity index (χ0v) is 13.1. The Kier molecular flexibility index (Phi) is 7.67. The van der Waals surface area contributed by atoms with E-state index in [9.17, 15) is 9.59 Å². The normalized spacial score (nSPS) is 18.7. The molecule has 6 nitrogen and oxygen atoms in total. The van der Waals surface area contributed by atoms with E-state index < -0.39 is 5.97 Å². The highest BCUT2D eigenvalue weighted by molar-refractivity contribution is 5.77. The second-order valence-corrected chi connectivity index (χ2v) is 6.42. The Hall–Kier alpha value is -1.14. The van der Waals surface area contributed by atoms with Gasteiger partial charge in [-0.15, -0.1) is 0 Å². The molecule has 0 radical (unpaired) electrons. The van der Waals surface area contributed by atoms with Crippen LogP contribution in [0.25, 0.3) is 0 Å². The molecule has 0 spiro atoms. The van der Waals surface area contributed by atoms with Gasteiger partial charge in [-0.1, -0.05) is 13.8 Å². The molecular weight excluding hydrogens is 272 g/mol. The van der Waals surface area contributed by atoms with Gasteiger partial charge in [0.05, 0.1) is 12.6 Å². The van der Waals surface area contributed by atoms with Gasteiger partial charge in [0.2, 0.25) is 5.91 Å². The predicted molar refractivity (Wildman–Crippen MR) is 80.1 cm³/mol. The molecule has 0 saturated carbocycles. The van der Waals surface area contributed by atoms with Crippen molar-refractivity contribution in [3.63, 3.8) is 0 Å². The van der Waals surface area contributed by atoms with Gasteiger partial charge in [0.25, 0.3) is 0 Å². The molecule has 0 aliphatic carbocycles. The van der Waals surface area contributed by atoms with E-state index in [-0.39, 0.29) is 23.8 Å². The lowest BCUT2D eigenvalue weighted by Crippen LogP contribution is -2.38. The van der Waals surface area contributed by atoms with Gasteiger partial charge in [-0.3, -0.25) is 9.59 Å².